The third-order valence-corrected chi connectivity index (χ3v) is 7.86. The second-order valence-electron chi connectivity index (χ2n) is 7.86. The number of hydrogen-bond acceptors (Lipinski definition) is 7. The van der Waals surface area contributed by atoms with Crippen LogP contribution in [0, 0.1) is 5.82 Å². The zero-order chi connectivity index (χ0) is 23.7. The molecule has 176 valence electrons. The van der Waals surface area contributed by atoms with E-state index in [9.17, 15) is 17.6 Å². The number of halogens is 1. The molecule has 1 fully saturated rings. The number of carbonyl (C=O) groups excluding carboxylic acids is 1. The van der Waals surface area contributed by atoms with E-state index in [1.54, 1.807) is 42.6 Å². The molecular weight excluding hydrogens is 479 g/mol. The Kier molecular flexibility index (Phi) is 5.92. The summed E-state index contributed by atoms with van der Waals surface area (Å²) in [6.45, 7) is 2.59. The number of carbonyl (C=O) groups is 1. The molecule has 1 aliphatic heterocycles. The van der Waals surface area contributed by atoms with Crippen LogP contribution in [-0.4, -0.2) is 60.2 Å². The molecule has 4 aromatic rings. The first-order valence-electron chi connectivity index (χ1n) is 10.6. The lowest BCUT2D eigenvalue weighted by molar-refractivity contribution is -0.132. The quantitative estimate of drug-likeness (QED) is 0.437. The first-order chi connectivity index (χ1) is 16.4. The summed E-state index contributed by atoms with van der Waals surface area (Å²) in [5.74, 6) is -0.294. The number of piperazine rings is 1. The van der Waals surface area contributed by atoms with Gasteiger partial charge in [-0.1, -0.05) is 11.3 Å². The van der Waals surface area contributed by atoms with Crippen molar-refractivity contribution < 1.29 is 17.6 Å². The van der Waals surface area contributed by atoms with Crippen molar-refractivity contribution in [2.75, 3.05) is 35.8 Å². The van der Waals surface area contributed by atoms with Gasteiger partial charge in [-0.25, -0.2) is 12.8 Å². The number of aromatic nitrogens is 3. The molecular formula is C22H21FN6O3S2. The highest BCUT2D eigenvalue weighted by Gasteiger charge is 2.23. The molecule has 0 unspecified atom stereocenters. The van der Waals surface area contributed by atoms with Crippen LogP contribution in [0.3, 0.4) is 0 Å². The highest BCUT2D eigenvalue weighted by atomic mass is 32.2. The number of amides is 1. The van der Waals surface area contributed by atoms with Gasteiger partial charge in [0.25, 0.3) is 10.0 Å². The highest BCUT2D eigenvalue weighted by molar-refractivity contribution is 7.93. The van der Waals surface area contributed by atoms with Gasteiger partial charge in [-0.3, -0.25) is 9.52 Å². The summed E-state index contributed by atoms with van der Waals surface area (Å²) in [6, 6.07) is 13.0. The molecule has 0 radical (unpaired) electrons. The summed E-state index contributed by atoms with van der Waals surface area (Å²) in [6.07, 6.45) is 1.80. The molecule has 0 aliphatic carbocycles. The Morgan fingerprint density at radius 2 is 1.82 bits per heavy atom. The smallest absolute Gasteiger partial charge is 0.263 e. The molecule has 1 saturated heterocycles. The fourth-order valence-electron chi connectivity index (χ4n) is 4.00. The maximum Gasteiger partial charge on any atom is 0.263 e. The Bertz CT molecular complexity index is 1410. The third-order valence-electron chi connectivity index (χ3n) is 5.76. The molecule has 0 spiro atoms. The van der Waals surface area contributed by atoms with Gasteiger partial charge in [0.1, 0.15) is 17.9 Å². The zero-order valence-corrected chi connectivity index (χ0v) is 19.6. The predicted octanol–water partition coefficient (Wildman–Crippen LogP) is 2.78. The molecule has 9 nitrogen and oxygen atoms in total. The minimum absolute atomic E-state index is 0.00525. The van der Waals surface area contributed by atoms with Crippen molar-refractivity contribution in [1.82, 2.24) is 19.7 Å². The summed E-state index contributed by atoms with van der Waals surface area (Å²) in [5, 5.41) is 8.30. The number of sulfonamides is 1. The molecule has 12 heteroatoms. The van der Waals surface area contributed by atoms with Gasteiger partial charge >= 0.3 is 0 Å². The van der Waals surface area contributed by atoms with Crippen molar-refractivity contribution in [3.63, 3.8) is 0 Å². The van der Waals surface area contributed by atoms with E-state index < -0.39 is 10.0 Å². The van der Waals surface area contributed by atoms with Crippen LogP contribution in [0.4, 0.5) is 15.2 Å². The average Bonchev–Trinajstić information content (AvgIpc) is 3.48. The predicted molar refractivity (Wildman–Crippen MR) is 128 cm³/mol. The van der Waals surface area contributed by atoms with E-state index in [4.69, 9.17) is 0 Å². The lowest BCUT2D eigenvalue weighted by atomic mass is 10.2. The normalized spacial score (nSPS) is 14.5. The molecule has 0 bridgehead atoms. The van der Waals surface area contributed by atoms with Gasteiger partial charge in [0, 0.05) is 49.0 Å². The van der Waals surface area contributed by atoms with Gasteiger partial charge in [0.2, 0.25) is 11.0 Å². The average molecular weight is 501 g/mol. The van der Waals surface area contributed by atoms with Crippen molar-refractivity contribution in [3.8, 4) is 0 Å². The minimum Gasteiger partial charge on any atom is -0.368 e. The Labute approximate surface area is 199 Å². The van der Waals surface area contributed by atoms with Crippen LogP contribution in [0.25, 0.3) is 10.9 Å². The van der Waals surface area contributed by atoms with Crippen LogP contribution in [0.15, 0.2) is 65.1 Å². The van der Waals surface area contributed by atoms with Gasteiger partial charge in [-0.2, -0.15) is 0 Å². The first-order valence-corrected chi connectivity index (χ1v) is 12.9. The standard InChI is InChI=1S/C22H21FN6O3S2/c23-17-1-6-20-16(13-17)7-8-29(20)14-21(30)28-11-9-27(10-12-28)18-2-4-19(5-3-18)34(31,32)26-22-25-24-15-33-22/h1-8,13,15H,9-12,14H2,(H,25,26). The Morgan fingerprint density at radius 3 is 2.53 bits per heavy atom. The molecule has 1 aliphatic rings. The van der Waals surface area contributed by atoms with E-state index in [0.717, 1.165) is 27.9 Å². The first kappa shape index (κ1) is 22.3. The summed E-state index contributed by atoms with van der Waals surface area (Å²) < 4.78 is 42.6. The van der Waals surface area contributed by atoms with E-state index >= 15 is 0 Å². The van der Waals surface area contributed by atoms with E-state index in [-0.39, 0.29) is 28.3 Å². The van der Waals surface area contributed by atoms with Crippen molar-refractivity contribution >= 4 is 49.0 Å². The summed E-state index contributed by atoms with van der Waals surface area (Å²) >= 11 is 1.11. The summed E-state index contributed by atoms with van der Waals surface area (Å²) in [4.78, 5) is 16.9. The Morgan fingerprint density at radius 1 is 1.06 bits per heavy atom. The second kappa shape index (κ2) is 9.03. The summed E-state index contributed by atoms with van der Waals surface area (Å²) in [5.41, 5.74) is 3.16. The highest BCUT2D eigenvalue weighted by Crippen LogP contribution is 2.22. The number of benzene rings is 2. The maximum absolute atomic E-state index is 13.4. The van der Waals surface area contributed by atoms with Gasteiger partial charge in [0.15, 0.2) is 0 Å². The van der Waals surface area contributed by atoms with Crippen molar-refractivity contribution in [2.45, 2.75) is 11.4 Å². The monoisotopic (exact) mass is 500 g/mol. The number of rotatable bonds is 6. The molecule has 1 amide bonds. The second-order valence-corrected chi connectivity index (χ2v) is 10.4. The van der Waals surface area contributed by atoms with Crippen molar-refractivity contribution in [1.29, 1.82) is 0 Å². The minimum atomic E-state index is -3.73. The van der Waals surface area contributed by atoms with E-state index in [2.05, 4.69) is 19.8 Å². The van der Waals surface area contributed by atoms with E-state index in [0.29, 0.717) is 26.2 Å². The van der Waals surface area contributed by atoms with Crippen LogP contribution in [0.1, 0.15) is 0 Å². The van der Waals surface area contributed by atoms with Gasteiger partial charge in [0.05, 0.1) is 4.90 Å². The van der Waals surface area contributed by atoms with Crippen molar-refractivity contribution in [2.24, 2.45) is 0 Å². The fraction of sp³-hybridized carbons (Fsp3) is 0.227. The van der Waals surface area contributed by atoms with Crippen LogP contribution in [-0.2, 0) is 21.4 Å². The van der Waals surface area contributed by atoms with Crippen LogP contribution >= 0.6 is 11.3 Å². The van der Waals surface area contributed by atoms with E-state index in [1.807, 2.05) is 9.47 Å². The Balaban J connectivity index is 1.19. The largest absolute Gasteiger partial charge is 0.368 e. The summed E-state index contributed by atoms with van der Waals surface area (Å²) in [7, 11) is -3.73. The maximum atomic E-state index is 13.4. The molecule has 1 N–H and O–H groups in total. The molecule has 0 saturated carbocycles. The number of nitrogens with one attached hydrogen (secondary N) is 1. The topological polar surface area (TPSA) is 100 Å². The van der Waals surface area contributed by atoms with Crippen LogP contribution < -0.4 is 9.62 Å². The SMILES string of the molecule is O=C(Cn1ccc2cc(F)ccc21)N1CCN(c2ccc(S(=O)(=O)Nc3nncs3)cc2)CC1. The number of fused-ring (bicyclic) bond motifs is 1. The lowest BCUT2D eigenvalue weighted by Crippen LogP contribution is -2.49. The molecule has 3 heterocycles. The lowest BCUT2D eigenvalue weighted by Gasteiger charge is -2.36. The van der Waals surface area contributed by atoms with Gasteiger partial charge < -0.3 is 14.4 Å². The van der Waals surface area contributed by atoms with Crippen LogP contribution in [0.2, 0.25) is 0 Å². The number of hydrogen-bond donors (Lipinski definition) is 1. The molecule has 2 aromatic carbocycles. The molecule has 5 rings (SSSR count). The fourth-order valence-corrected chi connectivity index (χ4v) is 5.69. The zero-order valence-electron chi connectivity index (χ0n) is 18.0. The Hall–Kier alpha value is -3.51. The molecule has 0 atom stereocenters. The third kappa shape index (κ3) is 4.59. The van der Waals surface area contributed by atoms with E-state index in [1.165, 1.54) is 17.6 Å². The molecule has 34 heavy (non-hydrogen) atoms. The van der Waals surface area contributed by atoms with Crippen LogP contribution in [0.5, 0.6) is 0 Å². The van der Waals surface area contributed by atoms with Crippen molar-refractivity contribution in [3.05, 3.63) is 66.1 Å². The molecule has 2 aromatic heterocycles. The number of nitrogens with zero attached hydrogens (tertiary/aromatic N) is 5. The number of anilines is 2. The van der Waals surface area contributed by atoms with Gasteiger partial charge in [-0.15, -0.1) is 10.2 Å². The van der Waals surface area contributed by atoms with Gasteiger partial charge in [-0.05, 0) is 48.5 Å².